The van der Waals surface area contributed by atoms with Crippen LogP contribution in [0.25, 0.3) is 0 Å². The van der Waals surface area contributed by atoms with Crippen molar-refractivity contribution >= 4 is 11.6 Å². The SMILES string of the molecule is CCNC(CC1CC1)c1ccc(Cl)cc1C. The third-order valence-electron chi connectivity index (χ3n) is 3.32. The molecule has 1 unspecified atom stereocenters. The van der Waals surface area contributed by atoms with Crippen molar-refractivity contribution in [3.8, 4) is 0 Å². The van der Waals surface area contributed by atoms with Gasteiger partial charge in [-0.15, -0.1) is 0 Å². The first kappa shape index (κ1) is 11.9. The van der Waals surface area contributed by atoms with Crippen LogP contribution in [0.3, 0.4) is 0 Å². The third-order valence-corrected chi connectivity index (χ3v) is 3.56. The van der Waals surface area contributed by atoms with E-state index >= 15 is 0 Å². The Balaban J connectivity index is 2.15. The molecule has 1 N–H and O–H groups in total. The Bertz CT molecular complexity index is 358. The standard InChI is InChI=1S/C14H20ClN/c1-3-16-14(9-11-4-5-11)13-7-6-12(15)8-10(13)2/h6-8,11,14,16H,3-5,9H2,1-2H3. The van der Waals surface area contributed by atoms with Crippen molar-refractivity contribution in [1.82, 2.24) is 5.32 Å². The van der Waals surface area contributed by atoms with E-state index in [2.05, 4.69) is 31.3 Å². The van der Waals surface area contributed by atoms with Crippen LogP contribution in [0.5, 0.6) is 0 Å². The Kier molecular flexibility index (Phi) is 3.88. The monoisotopic (exact) mass is 237 g/mol. The van der Waals surface area contributed by atoms with Crippen molar-refractivity contribution in [2.45, 2.75) is 39.2 Å². The van der Waals surface area contributed by atoms with Crippen LogP contribution in [0, 0.1) is 12.8 Å². The molecule has 1 saturated carbocycles. The van der Waals surface area contributed by atoms with E-state index < -0.39 is 0 Å². The van der Waals surface area contributed by atoms with Crippen LogP contribution in [0.15, 0.2) is 18.2 Å². The van der Waals surface area contributed by atoms with E-state index in [1.807, 2.05) is 6.07 Å². The van der Waals surface area contributed by atoms with E-state index in [0.29, 0.717) is 6.04 Å². The molecule has 0 saturated heterocycles. The average Bonchev–Trinajstić information content (AvgIpc) is 3.01. The summed E-state index contributed by atoms with van der Waals surface area (Å²) in [6.45, 7) is 5.35. The lowest BCUT2D eigenvalue weighted by atomic mass is 9.97. The molecule has 1 aliphatic carbocycles. The summed E-state index contributed by atoms with van der Waals surface area (Å²) >= 11 is 6.00. The Morgan fingerprint density at radius 3 is 2.75 bits per heavy atom. The fourth-order valence-corrected chi connectivity index (χ4v) is 2.51. The molecule has 2 rings (SSSR count). The fourth-order valence-electron chi connectivity index (χ4n) is 2.28. The molecule has 1 fully saturated rings. The molecule has 1 aromatic rings. The summed E-state index contributed by atoms with van der Waals surface area (Å²) in [5.74, 6) is 0.944. The fraction of sp³-hybridized carbons (Fsp3) is 0.571. The number of rotatable bonds is 5. The number of benzene rings is 1. The molecular formula is C14H20ClN. The second-order valence-corrected chi connectivity index (χ2v) is 5.23. The number of hydrogen-bond donors (Lipinski definition) is 1. The maximum atomic E-state index is 6.00. The summed E-state index contributed by atoms with van der Waals surface area (Å²) < 4.78 is 0. The van der Waals surface area contributed by atoms with Crippen molar-refractivity contribution in [3.63, 3.8) is 0 Å². The molecule has 0 spiro atoms. The topological polar surface area (TPSA) is 12.0 Å². The van der Waals surface area contributed by atoms with Crippen molar-refractivity contribution < 1.29 is 0 Å². The molecule has 0 heterocycles. The summed E-state index contributed by atoms with van der Waals surface area (Å²) in [4.78, 5) is 0. The molecule has 16 heavy (non-hydrogen) atoms. The van der Waals surface area contributed by atoms with Gasteiger partial charge in [-0.05, 0) is 49.1 Å². The molecule has 1 aliphatic rings. The number of hydrogen-bond acceptors (Lipinski definition) is 1. The lowest BCUT2D eigenvalue weighted by Crippen LogP contribution is -2.22. The molecule has 0 bridgehead atoms. The predicted octanol–water partition coefficient (Wildman–Crippen LogP) is 4.10. The van der Waals surface area contributed by atoms with Crippen LogP contribution in [0.2, 0.25) is 5.02 Å². The van der Waals surface area contributed by atoms with Gasteiger partial charge >= 0.3 is 0 Å². The molecular weight excluding hydrogens is 218 g/mol. The lowest BCUT2D eigenvalue weighted by Gasteiger charge is -2.20. The predicted molar refractivity (Wildman–Crippen MR) is 69.9 cm³/mol. The van der Waals surface area contributed by atoms with Crippen molar-refractivity contribution in [1.29, 1.82) is 0 Å². The summed E-state index contributed by atoms with van der Waals surface area (Å²) in [5, 5.41) is 4.42. The van der Waals surface area contributed by atoms with Gasteiger partial charge in [-0.3, -0.25) is 0 Å². The van der Waals surface area contributed by atoms with E-state index in [1.165, 1.54) is 30.4 Å². The largest absolute Gasteiger partial charge is 0.310 e. The van der Waals surface area contributed by atoms with Crippen LogP contribution in [0.4, 0.5) is 0 Å². The van der Waals surface area contributed by atoms with E-state index in [4.69, 9.17) is 11.6 Å². The van der Waals surface area contributed by atoms with Crippen LogP contribution >= 0.6 is 11.6 Å². The molecule has 0 aliphatic heterocycles. The maximum absolute atomic E-state index is 6.00. The average molecular weight is 238 g/mol. The highest BCUT2D eigenvalue weighted by atomic mass is 35.5. The van der Waals surface area contributed by atoms with E-state index in [-0.39, 0.29) is 0 Å². The van der Waals surface area contributed by atoms with Crippen molar-refractivity contribution in [2.24, 2.45) is 5.92 Å². The molecule has 0 radical (unpaired) electrons. The van der Waals surface area contributed by atoms with Gasteiger partial charge in [0.25, 0.3) is 0 Å². The zero-order valence-electron chi connectivity index (χ0n) is 10.1. The summed E-state index contributed by atoms with van der Waals surface area (Å²) in [6, 6.07) is 6.75. The molecule has 0 aromatic heterocycles. The lowest BCUT2D eigenvalue weighted by molar-refractivity contribution is 0.485. The van der Waals surface area contributed by atoms with E-state index in [0.717, 1.165) is 17.5 Å². The van der Waals surface area contributed by atoms with Gasteiger partial charge in [0.15, 0.2) is 0 Å². The Morgan fingerprint density at radius 2 is 2.19 bits per heavy atom. The summed E-state index contributed by atoms with van der Waals surface area (Å²) in [6.07, 6.45) is 4.10. The molecule has 88 valence electrons. The number of nitrogens with one attached hydrogen (secondary N) is 1. The van der Waals surface area contributed by atoms with Gasteiger partial charge in [0.05, 0.1) is 0 Å². The molecule has 1 nitrogen and oxygen atoms in total. The first-order chi connectivity index (χ1) is 7.70. The van der Waals surface area contributed by atoms with Crippen LogP contribution in [-0.4, -0.2) is 6.54 Å². The van der Waals surface area contributed by atoms with Gasteiger partial charge < -0.3 is 5.32 Å². The van der Waals surface area contributed by atoms with Crippen LogP contribution in [0.1, 0.15) is 43.4 Å². The Labute approximate surface area is 103 Å². The zero-order valence-corrected chi connectivity index (χ0v) is 10.8. The van der Waals surface area contributed by atoms with Crippen molar-refractivity contribution in [2.75, 3.05) is 6.54 Å². The highest BCUT2D eigenvalue weighted by molar-refractivity contribution is 6.30. The normalized spacial score (nSPS) is 17.4. The van der Waals surface area contributed by atoms with Crippen molar-refractivity contribution in [3.05, 3.63) is 34.3 Å². The van der Waals surface area contributed by atoms with Gasteiger partial charge in [-0.2, -0.15) is 0 Å². The molecule has 1 atom stereocenters. The van der Waals surface area contributed by atoms with Gasteiger partial charge in [0.1, 0.15) is 0 Å². The minimum absolute atomic E-state index is 0.509. The Hall–Kier alpha value is -0.530. The Morgan fingerprint density at radius 1 is 1.44 bits per heavy atom. The third kappa shape index (κ3) is 2.99. The quantitative estimate of drug-likeness (QED) is 0.813. The minimum atomic E-state index is 0.509. The van der Waals surface area contributed by atoms with Gasteiger partial charge in [0, 0.05) is 11.1 Å². The van der Waals surface area contributed by atoms with Gasteiger partial charge in [0.2, 0.25) is 0 Å². The van der Waals surface area contributed by atoms with Crippen LogP contribution in [-0.2, 0) is 0 Å². The first-order valence-electron chi connectivity index (χ1n) is 6.20. The first-order valence-corrected chi connectivity index (χ1v) is 6.58. The molecule has 2 heteroatoms. The zero-order chi connectivity index (χ0) is 11.5. The van der Waals surface area contributed by atoms with Gasteiger partial charge in [-0.1, -0.05) is 37.4 Å². The smallest absolute Gasteiger partial charge is 0.0408 e. The highest BCUT2D eigenvalue weighted by Crippen LogP contribution is 2.38. The molecule has 1 aromatic carbocycles. The molecule has 0 amide bonds. The number of aryl methyl sites for hydroxylation is 1. The maximum Gasteiger partial charge on any atom is 0.0408 e. The second-order valence-electron chi connectivity index (χ2n) is 4.79. The van der Waals surface area contributed by atoms with E-state index in [9.17, 15) is 0 Å². The number of halogens is 1. The second kappa shape index (κ2) is 5.20. The van der Waals surface area contributed by atoms with Gasteiger partial charge in [-0.25, -0.2) is 0 Å². The van der Waals surface area contributed by atoms with E-state index in [1.54, 1.807) is 0 Å². The minimum Gasteiger partial charge on any atom is -0.310 e. The summed E-state index contributed by atoms with van der Waals surface area (Å²) in [7, 11) is 0. The summed E-state index contributed by atoms with van der Waals surface area (Å²) in [5.41, 5.74) is 2.72. The van der Waals surface area contributed by atoms with Crippen LogP contribution < -0.4 is 5.32 Å². The highest BCUT2D eigenvalue weighted by Gasteiger charge is 2.26.